The fourth-order valence-electron chi connectivity index (χ4n) is 6.67. The molecule has 1 N–H and O–H groups in total. The zero-order valence-electron chi connectivity index (χ0n) is 20.3. The van der Waals surface area contributed by atoms with Crippen molar-refractivity contribution in [1.82, 2.24) is 15.0 Å². The second-order valence-electron chi connectivity index (χ2n) is 10.4. The average Bonchev–Trinajstić information content (AvgIpc) is 2.90. The lowest BCUT2D eigenvalue weighted by Gasteiger charge is -2.52. The van der Waals surface area contributed by atoms with E-state index in [9.17, 15) is 10.4 Å². The molecule has 0 amide bonds. The summed E-state index contributed by atoms with van der Waals surface area (Å²) in [5.74, 6) is -0.156. The monoisotopic (exact) mass is 478 g/mol. The Morgan fingerprint density at radius 1 is 1.06 bits per heavy atom. The normalized spacial score (nSPS) is 27.2. The lowest BCUT2D eigenvalue weighted by atomic mass is 9.53. The fourth-order valence-corrected chi connectivity index (χ4v) is 6.67. The zero-order valence-corrected chi connectivity index (χ0v) is 20.3. The summed E-state index contributed by atoms with van der Waals surface area (Å²) in [6, 6.07) is 18.8. The average molecular weight is 479 g/mol. The first-order chi connectivity index (χ1) is 17.4. The lowest BCUT2D eigenvalue weighted by Crippen LogP contribution is -2.52. The maximum atomic E-state index is 15.1. The molecule has 0 radical (unpaired) electrons. The van der Waals surface area contributed by atoms with Crippen molar-refractivity contribution in [3.05, 3.63) is 77.9 Å². The molecule has 1 fully saturated rings. The molecule has 0 bridgehead atoms. The first-order valence-electron chi connectivity index (χ1n) is 12.5. The van der Waals surface area contributed by atoms with Crippen LogP contribution in [0, 0.1) is 34.9 Å². The van der Waals surface area contributed by atoms with Crippen LogP contribution in [-0.4, -0.2) is 26.2 Å². The van der Waals surface area contributed by atoms with Crippen molar-refractivity contribution in [3.63, 3.8) is 0 Å². The molecule has 0 spiro atoms. The number of nitrogens with zero attached hydrogens (tertiary/aromatic N) is 4. The van der Waals surface area contributed by atoms with E-state index in [-0.39, 0.29) is 17.7 Å². The molecule has 0 aliphatic heterocycles. The van der Waals surface area contributed by atoms with E-state index in [1.807, 2.05) is 43.3 Å². The Labute approximate surface area is 209 Å². The quantitative estimate of drug-likeness (QED) is 0.390. The van der Waals surface area contributed by atoms with Crippen LogP contribution in [0.5, 0.6) is 0 Å². The Bertz CT molecular complexity index is 1520. The highest BCUT2D eigenvalue weighted by atomic mass is 19.1. The third-order valence-electron chi connectivity index (χ3n) is 8.49. The number of hydrogen-bond donors (Lipinski definition) is 1. The minimum absolute atomic E-state index is 0.0429. The molecule has 1 saturated carbocycles. The van der Waals surface area contributed by atoms with Crippen LogP contribution in [-0.2, 0) is 11.8 Å². The summed E-state index contributed by atoms with van der Waals surface area (Å²) >= 11 is 0. The van der Waals surface area contributed by atoms with E-state index in [2.05, 4.69) is 18.0 Å². The van der Waals surface area contributed by atoms with Crippen molar-refractivity contribution in [2.45, 2.75) is 44.6 Å². The number of pyridine rings is 1. The van der Waals surface area contributed by atoms with E-state index in [0.717, 1.165) is 34.1 Å². The summed E-state index contributed by atoms with van der Waals surface area (Å²) in [7, 11) is 0. The standard InChI is InChI=1S/C30H27FN4O/c1-17-23-12-11-22-26(21-8-3-5-9-24(21)31)34-29(20-13-14-33-25-10-6-4-7-19(20)25)35-28(22)30(23,2)15-18(16-32)27(17)36/h3-10,13-14,17-18,23,27,36H,11-12,15H2,1-2H3/t17-,18?,23-,27?,30+/m0/s1. The van der Waals surface area contributed by atoms with Gasteiger partial charge in [0.2, 0.25) is 0 Å². The van der Waals surface area contributed by atoms with Gasteiger partial charge in [-0.15, -0.1) is 0 Å². The smallest absolute Gasteiger partial charge is 0.160 e. The van der Waals surface area contributed by atoms with Gasteiger partial charge in [0.25, 0.3) is 0 Å². The second kappa shape index (κ2) is 8.46. The van der Waals surface area contributed by atoms with Gasteiger partial charge in [-0.1, -0.05) is 44.2 Å². The second-order valence-corrected chi connectivity index (χ2v) is 10.4. The van der Waals surface area contributed by atoms with Crippen LogP contribution < -0.4 is 0 Å². The Kier molecular flexibility index (Phi) is 5.35. The van der Waals surface area contributed by atoms with Crippen molar-refractivity contribution in [3.8, 4) is 28.7 Å². The molecule has 2 aliphatic carbocycles. The topological polar surface area (TPSA) is 82.7 Å². The van der Waals surface area contributed by atoms with E-state index in [4.69, 9.17) is 9.97 Å². The third-order valence-corrected chi connectivity index (χ3v) is 8.49. The molecule has 2 aromatic heterocycles. The minimum atomic E-state index is -0.661. The maximum absolute atomic E-state index is 15.1. The van der Waals surface area contributed by atoms with Crippen molar-refractivity contribution < 1.29 is 9.50 Å². The fraction of sp³-hybridized carbons (Fsp3) is 0.333. The predicted molar refractivity (Wildman–Crippen MR) is 136 cm³/mol. The molecule has 6 rings (SSSR count). The van der Waals surface area contributed by atoms with Gasteiger partial charge in [-0.2, -0.15) is 5.26 Å². The molecule has 4 aromatic rings. The molecule has 0 saturated heterocycles. The number of halogens is 1. The van der Waals surface area contributed by atoms with Gasteiger partial charge < -0.3 is 5.11 Å². The number of benzene rings is 2. The summed E-state index contributed by atoms with van der Waals surface area (Å²) in [4.78, 5) is 14.7. The lowest BCUT2D eigenvalue weighted by molar-refractivity contribution is -0.0343. The summed E-state index contributed by atoms with van der Waals surface area (Å²) in [6.07, 6.45) is 3.13. The molecule has 2 aliphatic rings. The molecule has 2 unspecified atom stereocenters. The van der Waals surface area contributed by atoms with Gasteiger partial charge in [-0.25, -0.2) is 14.4 Å². The number of aliphatic hydroxyl groups is 1. The molecule has 5 nitrogen and oxygen atoms in total. The highest BCUT2D eigenvalue weighted by Crippen LogP contribution is 2.54. The van der Waals surface area contributed by atoms with Gasteiger partial charge in [-0.3, -0.25) is 4.98 Å². The molecule has 2 heterocycles. The molecule has 5 atom stereocenters. The first-order valence-corrected chi connectivity index (χ1v) is 12.5. The number of nitriles is 1. The summed E-state index contributed by atoms with van der Waals surface area (Å²) < 4.78 is 15.1. The number of aromatic nitrogens is 3. The first kappa shape index (κ1) is 22.8. The number of rotatable bonds is 2. The number of para-hydroxylation sites is 1. The summed E-state index contributed by atoms with van der Waals surface area (Å²) in [6.45, 7) is 4.20. The van der Waals surface area contributed by atoms with Gasteiger partial charge in [0.05, 0.1) is 35.0 Å². The van der Waals surface area contributed by atoms with Crippen molar-refractivity contribution >= 4 is 10.9 Å². The van der Waals surface area contributed by atoms with Crippen LogP contribution in [0.25, 0.3) is 33.5 Å². The van der Waals surface area contributed by atoms with Crippen LogP contribution in [0.4, 0.5) is 4.39 Å². The number of hydrogen-bond acceptors (Lipinski definition) is 5. The molecule has 2 aromatic carbocycles. The highest BCUT2D eigenvalue weighted by molar-refractivity contribution is 5.92. The van der Waals surface area contributed by atoms with Crippen LogP contribution >= 0.6 is 0 Å². The number of fused-ring (bicyclic) bond motifs is 4. The van der Waals surface area contributed by atoms with Gasteiger partial charge in [0, 0.05) is 33.7 Å². The maximum Gasteiger partial charge on any atom is 0.160 e. The van der Waals surface area contributed by atoms with Crippen LogP contribution in [0.15, 0.2) is 60.8 Å². The van der Waals surface area contributed by atoms with Gasteiger partial charge in [0.15, 0.2) is 5.82 Å². The van der Waals surface area contributed by atoms with Crippen LogP contribution in [0.1, 0.15) is 37.9 Å². The molecular weight excluding hydrogens is 451 g/mol. The molecular formula is C30H27FN4O. The van der Waals surface area contributed by atoms with Gasteiger partial charge in [-0.05, 0) is 55.4 Å². The Balaban J connectivity index is 1.65. The Morgan fingerprint density at radius 2 is 1.83 bits per heavy atom. The SMILES string of the molecule is C[C@@H]1C(O)C(C#N)C[C@@]2(C)c3nc(-c4ccnc5ccccc45)nc(-c4ccccc4F)c3CC[C@@H]12. The minimum Gasteiger partial charge on any atom is -0.391 e. The van der Waals surface area contributed by atoms with Crippen LogP contribution in [0.3, 0.4) is 0 Å². The van der Waals surface area contributed by atoms with Crippen molar-refractivity contribution in [1.29, 1.82) is 5.26 Å². The van der Waals surface area contributed by atoms with Gasteiger partial charge >= 0.3 is 0 Å². The zero-order chi connectivity index (χ0) is 25.0. The largest absolute Gasteiger partial charge is 0.391 e. The van der Waals surface area contributed by atoms with E-state index < -0.39 is 17.4 Å². The van der Waals surface area contributed by atoms with E-state index >= 15 is 4.39 Å². The molecule has 180 valence electrons. The summed E-state index contributed by atoms with van der Waals surface area (Å²) in [5.41, 5.74) is 4.13. The third kappa shape index (κ3) is 3.34. The summed E-state index contributed by atoms with van der Waals surface area (Å²) in [5, 5.41) is 21.6. The van der Waals surface area contributed by atoms with E-state index in [1.165, 1.54) is 6.07 Å². The Hall–Kier alpha value is -3.69. The Morgan fingerprint density at radius 3 is 2.64 bits per heavy atom. The molecule has 36 heavy (non-hydrogen) atoms. The van der Waals surface area contributed by atoms with Crippen molar-refractivity contribution in [2.24, 2.45) is 17.8 Å². The van der Waals surface area contributed by atoms with Crippen molar-refractivity contribution in [2.75, 3.05) is 0 Å². The van der Waals surface area contributed by atoms with E-state index in [1.54, 1.807) is 18.3 Å². The van der Waals surface area contributed by atoms with E-state index in [0.29, 0.717) is 29.9 Å². The van der Waals surface area contributed by atoms with Crippen LogP contribution in [0.2, 0.25) is 0 Å². The number of aliphatic hydroxyl groups excluding tert-OH is 1. The van der Waals surface area contributed by atoms with Gasteiger partial charge in [0.1, 0.15) is 5.82 Å². The molecule has 6 heteroatoms. The highest BCUT2D eigenvalue weighted by Gasteiger charge is 2.53. The predicted octanol–water partition coefficient (Wildman–Crippen LogP) is 5.86.